The van der Waals surface area contributed by atoms with Crippen LogP contribution in [0, 0.1) is 5.92 Å². The molecule has 6 nitrogen and oxygen atoms in total. The van der Waals surface area contributed by atoms with Gasteiger partial charge in [-0.25, -0.2) is 0 Å². The molecule has 5 rings (SSSR count). The van der Waals surface area contributed by atoms with Crippen LogP contribution in [0.3, 0.4) is 0 Å². The molecule has 2 amide bonds. The fourth-order valence-electron chi connectivity index (χ4n) is 4.87. The van der Waals surface area contributed by atoms with Crippen LogP contribution in [-0.2, 0) is 17.5 Å². The van der Waals surface area contributed by atoms with Gasteiger partial charge in [0.25, 0.3) is 11.1 Å². The molecular formula is C26H24ClF3N4O2S. The van der Waals surface area contributed by atoms with Gasteiger partial charge in [0.15, 0.2) is 0 Å². The average Bonchev–Trinajstić information content (AvgIpc) is 3.36. The van der Waals surface area contributed by atoms with Crippen molar-refractivity contribution in [3.8, 4) is 0 Å². The number of carbonyl (C=O) groups is 2. The van der Waals surface area contributed by atoms with Crippen LogP contribution in [0.25, 0.3) is 17.0 Å². The standard InChI is InChI=1S/C26H24ClF3N4O2S/c27-19-5-4-17(21(11-19)26(28,29)30)14-34-22-8-3-16(9-18(22)12-32-34)10-23-24(35)33(25(36)37-23)13-15-1-6-20(31)7-2-15/h3-5,8-12,15,20H,1-2,6-7,13-14,31H2. The molecule has 0 radical (unpaired) electrons. The normalized spacial score (nSPS) is 22.0. The van der Waals surface area contributed by atoms with Crippen LogP contribution < -0.4 is 5.73 Å². The van der Waals surface area contributed by atoms with E-state index in [1.54, 1.807) is 30.5 Å². The van der Waals surface area contributed by atoms with Crippen molar-refractivity contribution < 1.29 is 22.8 Å². The van der Waals surface area contributed by atoms with Gasteiger partial charge in [-0.2, -0.15) is 18.3 Å². The minimum Gasteiger partial charge on any atom is -0.328 e. The molecule has 11 heteroatoms. The van der Waals surface area contributed by atoms with Crippen molar-refractivity contribution in [3.63, 3.8) is 0 Å². The minimum absolute atomic E-state index is 0.0124. The van der Waals surface area contributed by atoms with Crippen molar-refractivity contribution in [2.45, 2.75) is 44.4 Å². The lowest BCUT2D eigenvalue weighted by Crippen LogP contribution is -2.36. The first-order valence-electron chi connectivity index (χ1n) is 11.9. The van der Waals surface area contributed by atoms with Crippen LogP contribution in [0.1, 0.15) is 42.4 Å². The first kappa shape index (κ1) is 25.8. The lowest BCUT2D eigenvalue weighted by Gasteiger charge is -2.28. The molecular weight excluding hydrogens is 525 g/mol. The van der Waals surface area contributed by atoms with Crippen LogP contribution in [0.4, 0.5) is 18.0 Å². The van der Waals surface area contributed by atoms with Crippen molar-refractivity contribution >= 4 is 51.5 Å². The second kappa shape index (κ2) is 10.2. The lowest BCUT2D eigenvalue weighted by atomic mass is 9.86. The summed E-state index contributed by atoms with van der Waals surface area (Å²) in [7, 11) is 0. The average molecular weight is 549 g/mol. The molecule has 2 N–H and O–H groups in total. The third-order valence-corrected chi connectivity index (χ3v) is 8.01. The van der Waals surface area contributed by atoms with Gasteiger partial charge >= 0.3 is 6.18 Å². The Labute approximate surface area is 220 Å². The fourth-order valence-corrected chi connectivity index (χ4v) is 5.89. The third-order valence-electron chi connectivity index (χ3n) is 6.87. The monoisotopic (exact) mass is 548 g/mol. The predicted molar refractivity (Wildman–Crippen MR) is 138 cm³/mol. The zero-order valence-electron chi connectivity index (χ0n) is 19.7. The molecule has 1 aromatic heterocycles. The number of aromatic nitrogens is 2. The first-order chi connectivity index (χ1) is 17.6. The number of carbonyl (C=O) groups excluding carboxylic acids is 2. The Bertz CT molecular complexity index is 1400. The van der Waals surface area contributed by atoms with E-state index >= 15 is 0 Å². The number of benzene rings is 2. The number of rotatable bonds is 5. The van der Waals surface area contributed by atoms with Gasteiger partial charge in [0.2, 0.25) is 0 Å². The summed E-state index contributed by atoms with van der Waals surface area (Å²) >= 11 is 6.71. The Morgan fingerprint density at radius 3 is 2.59 bits per heavy atom. The molecule has 1 saturated carbocycles. The maximum Gasteiger partial charge on any atom is 0.416 e. The topological polar surface area (TPSA) is 81.2 Å². The largest absolute Gasteiger partial charge is 0.416 e. The van der Waals surface area contributed by atoms with Crippen LogP contribution in [0.15, 0.2) is 47.5 Å². The predicted octanol–water partition coefficient (Wildman–Crippen LogP) is 6.31. The van der Waals surface area contributed by atoms with Gasteiger partial charge in [0.05, 0.1) is 28.7 Å². The van der Waals surface area contributed by atoms with Gasteiger partial charge in [0, 0.05) is 23.0 Å². The fraction of sp³-hybridized carbons (Fsp3) is 0.346. The summed E-state index contributed by atoms with van der Waals surface area (Å²) < 4.78 is 42.0. The van der Waals surface area contributed by atoms with E-state index in [9.17, 15) is 22.8 Å². The SMILES string of the molecule is NC1CCC(CN2C(=O)SC(=Cc3ccc4c(cnn4Cc4ccc(Cl)cc4C(F)(F)F)c3)C2=O)CC1. The van der Waals surface area contributed by atoms with E-state index in [-0.39, 0.29) is 40.2 Å². The van der Waals surface area contributed by atoms with E-state index in [1.165, 1.54) is 21.7 Å². The highest BCUT2D eigenvalue weighted by atomic mass is 35.5. The van der Waals surface area contributed by atoms with Gasteiger partial charge in [-0.1, -0.05) is 23.7 Å². The maximum absolute atomic E-state index is 13.5. The number of amides is 2. The Hall–Kier alpha value is -2.82. The van der Waals surface area contributed by atoms with Gasteiger partial charge in [0.1, 0.15) is 0 Å². The zero-order chi connectivity index (χ0) is 26.3. The molecule has 1 saturated heterocycles. The quantitative estimate of drug-likeness (QED) is 0.378. The minimum atomic E-state index is -4.54. The molecule has 194 valence electrons. The first-order valence-corrected chi connectivity index (χ1v) is 13.1. The highest BCUT2D eigenvalue weighted by Crippen LogP contribution is 2.36. The molecule has 0 spiro atoms. The lowest BCUT2D eigenvalue weighted by molar-refractivity contribution is -0.138. The van der Waals surface area contributed by atoms with Gasteiger partial charge < -0.3 is 5.73 Å². The van der Waals surface area contributed by atoms with E-state index in [0.29, 0.717) is 27.9 Å². The van der Waals surface area contributed by atoms with Crippen molar-refractivity contribution in [2.24, 2.45) is 11.7 Å². The molecule has 0 atom stereocenters. The van der Waals surface area contributed by atoms with Crippen molar-refractivity contribution in [2.75, 3.05) is 6.54 Å². The summed E-state index contributed by atoms with van der Waals surface area (Å²) in [6.45, 7) is 0.324. The van der Waals surface area contributed by atoms with E-state index in [0.717, 1.165) is 43.5 Å². The van der Waals surface area contributed by atoms with Gasteiger partial charge in [-0.3, -0.25) is 19.2 Å². The van der Waals surface area contributed by atoms with Gasteiger partial charge in [-0.05, 0) is 84.8 Å². The van der Waals surface area contributed by atoms with Crippen molar-refractivity contribution in [1.29, 1.82) is 0 Å². The zero-order valence-corrected chi connectivity index (χ0v) is 21.2. The second-order valence-corrected chi connectivity index (χ2v) is 10.9. The van der Waals surface area contributed by atoms with Crippen LogP contribution in [-0.4, -0.2) is 38.4 Å². The Kier molecular flexibility index (Phi) is 7.08. The number of fused-ring (bicyclic) bond motifs is 1. The molecule has 1 aliphatic carbocycles. The smallest absolute Gasteiger partial charge is 0.328 e. The van der Waals surface area contributed by atoms with Crippen LogP contribution in [0.5, 0.6) is 0 Å². The second-order valence-electron chi connectivity index (χ2n) is 9.49. The number of alkyl halides is 3. The summed E-state index contributed by atoms with van der Waals surface area (Å²) in [4.78, 5) is 27.1. The van der Waals surface area contributed by atoms with Crippen molar-refractivity contribution in [1.82, 2.24) is 14.7 Å². The number of nitrogens with zero attached hydrogens (tertiary/aromatic N) is 3. The molecule has 0 bridgehead atoms. The highest BCUT2D eigenvalue weighted by Gasteiger charge is 2.37. The summed E-state index contributed by atoms with van der Waals surface area (Å²) in [5, 5.41) is 4.71. The highest BCUT2D eigenvalue weighted by molar-refractivity contribution is 8.18. The molecule has 2 heterocycles. The number of hydrogen-bond acceptors (Lipinski definition) is 5. The van der Waals surface area contributed by atoms with E-state index < -0.39 is 11.7 Å². The molecule has 2 fully saturated rings. The number of imide groups is 1. The van der Waals surface area contributed by atoms with Crippen molar-refractivity contribution in [3.05, 3.63) is 69.2 Å². The summed E-state index contributed by atoms with van der Waals surface area (Å²) in [5.41, 5.74) is 6.56. The Balaban J connectivity index is 1.34. The number of halogens is 4. The molecule has 37 heavy (non-hydrogen) atoms. The number of nitrogens with two attached hydrogens (primary N) is 1. The molecule has 1 aliphatic heterocycles. The summed E-state index contributed by atoms with van der Waals surface area (Å²) in [6, 6.07) is 9.18. The van der Waals surface area contributed by atoms with Gasteiger partial charge in [-0.15, -0.1) is 0 Å². The van der Waals surface area contributed by atoms with Crippen LogP contribution >= 0.6 is 23.4 Å². The summed E-state index contributed by atoms with van der Waals surface area (Å²) in [5.74, 6) is -0.0311. The third kappa shape index (κ3) is 5.56. The molecule has 0 unspecified atom stereocenters. The summed E-state index contributed by atoms with van der Waals surface area (Å²) in [6.07, 6.45) is 2.31. The Morgan fingerprint density at radius 1 is 1.11 bits per heavy atom. The van der Waals surface area contributed by atoms with E-state index in [1.807, 2.05) is 0 Å². The molecule has 2 aromatic carbocycles. The number of thioether (sulfide) groups is 1. The molecule has 3 aromatic rings. The maximum atomic E-state index is 13.5. The van der Waals surface area contributed by atoms with Crippen LogP contribution in [0.2, 0.25) is 5.02 Å². The van der Waals surface area contributed by atoms with E-state index in [4.69, 9.17) is 17.3 Å². The number of hydrogen-bond donors (Lipinski definition) is 1. The van der Waals surface area contributed by atoms with E-state index in [2.05, 4.69) is 5.10 Å². The Morgan fingerprint density at radius 2 is 1.86 bits per heavy atom. The molecule has 2 aliphatic rings.